The number of rotatable bonds is 8. The third-order valence-corrected chi connectivity index (χ3v) is 3.72. The van der Waals surface area contributed by atoms with Crippen molar-refractivity contribution < 1.29 is 9.47 Å². The number of aliphatic imine (C=N–C) groups is 1. The third-order valence-electron chi connectivity index (χ3n) is 3.49. The van der Waals surface area contributed by atoms with E-state index in [0.29, 0.717) is 26.3 Å². The monoisotopic (exact) mass is 489 g/mol. The molecule has 0 aliphatic carbocycles. The molecule has 2 aromatic carbocycles. The summed E-state index contributed by atoms with van der Waals surface area (Å²) in [7, 11) is 3.41. The van der Waals surface area contributed by atoms with Gasteiger partial charge < -0.3 is 20.1 Å². The minimum atomic E-state index is 0. The van der Waals surface area contributed by atoms with E-state index in [9.17, 15) is 0 Å². The number of ether oxygens (including phenoxy) is 2. The van der Waals surface area contributed by atoms with Gasteiger partial charge in [0.1, 0.15) is 12.4 Å². The van der Waals surface area contributed by atoms with Gasteiger partial charge in [-0.2, -0.15) is 0 Å². The lowest BCUT2D eigenvalue weighted by atomic mass is 10.2. The summed E-state index contributed by atoms with van der Waals surface area (Å²) in [6.07, 6.45) is 0. The SMILES string of the molecule is CN=C(NCc1cccc(Cl)c1)NCc1cccc(OCCOC)c1.I. The second-order valence-electron chi connectivity index (χ2n) is 5.40. The minimum absolute atomic E-state index is 0. The molecule has 0 aromatic heterocycles. The van der Waals surface area contributed by atoms with Crippen LogP contribution in [0.25, 0.3) is 0 Å². The van der Waals surface area contributed by atoms with Crippen LogP contribution in [0, 0.1) is 0 Å². The summed E-state index contributed by atoms with van der Waals surface area (Å²) in [4.78, 5) is 4.24. The van der Waals surface area contributed by atoms with E-state index in [0.717, 1.165) is 27.9 Å². The highest BCUT2D eigenvalue weighted by atomic mass is 127. The van der Waals surface area contributed by atoms with Gasteiger partial charge in [-0.1, -0.05) is 35.9 Å². The van der Waals surface area contributed by atoms with E-state index in [4.69, 9.17) is 21.1 Å². The van der Waals surface area contributed by atoms with Gasteiger partial charge in [0.15, 0.2) is 5.96 Å². The van der Waals surface area contributed by atoms with Crippen molar-refractivity contribution >= 4 is 41.5 Å². The average molecular weight is 490 g/mol. The van der Waals surface area contributed by atoms with E-state index >= 15 is 0 Å². The van der Waals surface area contributed by atoms with Crippen molar-refractivity contribution in [2.24, 2.45) is 4.99 Å². The Morgan fingerprint density at radius 1 is 1.00 bits per heavy atom. The summed E-state index contributed by atoms with van der Waals surface area (Å²) in [5.41, 5.74) is 2.21. The third kappa shape index (κ3) is 8.25. The number of methoxy groups -OCH3 is 1. The van der Waals surface area contributed by atoms with E-state index < -0.39 is 0 Å². The molecule has 0 saturated heterocycles. The Morgan fingerprint density at radius 3 is 2.27 bits per heavy atom. The Bertz CT molecular complexity index is 698. The maximum Gasteiger partial charge on any atom is 0.191 e. The van der Waals surface area contributed by atoms with Gasteiger partial charge in [0.2, 0.25) is 0 Å². The summed E-state index contributed by atoms with van der Waals surface area (Å²) in [5.74, 6) is 1.56. The molecule has 26 heavy (non-hydrogen) atoms. The fraction of sp³-hybridized carbons (Fsp3) is 0.316. The Kier molecular flexibility index (Phi) is 11.1. The Morgan fingerprint density at radius 2 is 1.65 bits per heavy atom. The standard InChI is InChI=1S/C19H24ClN3O2.HI/c1-21-19(22-13-15-5-3-7-17(20)11-15)23-14-16-6-4-8-18(12-16)25-10-9-24-2;/h3-8,11-12H,9-10,13-14H2,1-2H3,(H2,21,22,23);1H. The fourth-order valence-electron chi connectivity index (χ4n) is 2.23. The molecule has 0 radical (unpaired) electrons. The Labute approximate surface area is 177 Å². The van der Waals surface area contributed by atoms with Crippen molar-refractivity contribution in [1.82, 2.24) is 10.6 Å². The highest BCUT2D eigenvalue weighted by molar-refractivity contribution is 14.0. The lowest BCUT2D eigenvalue weighted by Crippen LogP contribution is -2.36. The van der Waals surface area contributed by atoms with Crippen molar-refractivity contribution in [3.05, 3.63) is 64.7 Å². The molecule has 0 spiro atoms. The Hall–Kier alpha value is -1.51. The lowest BCUT2D eigenvalue weighted by molar-refractivity contribution is 0.146. The summed E-state index contributed by atoms with van der Waals surface area (Å²) in [6, 6.07) is 15.7. The van der Waals surface area contributed by atoms with Crippen LogP contribution in [0.4, 0.5) is 0 Å². The van der Waals surface area contributed by atoms with Crippen LogP contribution in [-0.2, 0) is 17.8 Å². The summed E-state index contributed by atoms with van der Waals surface area (Å²) in [5, 5.41) is 7.29. The molecule has 2 rings (SSSR count). The predicted octanol–water partition coefficient (Wildman–Crippen LogP) is 3.85. The molecule has 0 atom stereocenters. The van der Waals surface area contributed by atoms with E-state index in [1.54, 1.807) is 14.2 Å². The van der Waals surface area contributed by atoms with Crippen molar-refractivity contribution in [3.63, 3.8) is 0 Å². The van der Waals surface area contributed by atoms with Gasteiger partial charge in [0, 0.05) is 32.3 Å². The molecule has 0 heterocycles. The molecule has 7 heteroatoms. The molecule has 0 aliphatic heterocycles. The van der Waals surface area contributed by atoms with Crippen molar-refractivity contribution in [2.75, 3.05) is 27.4 Å². The number of hydrogen-bond acceptors (Lipinski definition) is 3. The van der Waals surface area contributed by atoms with Crippen LogP contribution in [0.5, 0.6) is 5.75 Å². The highest BCUT2D eigenvalue weighted by Crippen LogP contribution is 2.13. The maximum absolute atomic E-state index is 6.00. The van der Waals surface area contributed by atoms with Crippen molar-refractivity contribution in [2.45, 2.75) is 13.1 Å². The van der Waals surface area contributed by atoms with E-state index in [-0.39, 0.29) is 24.0 Å². The zero-order valence-electron chi connectivity index (χ0n) is 15.0. The maximum atomic E-state index is 6.00. The van der Waals surface area contributed by atoms with E-state index in [1.807, 2.05) is 48.5 Å². The highest BCUT2D eigenvalue weighted by Gasteiger charge is 2.01. The number of hydrogen-bond donors (Lipinski definition) is 2. The van der Waals surface area contributed by atoms with Crippen LogP contribution in [0.2, 0.25) is 5.02 Å². The number of nitrogens with one attached hydrogen (secondary N) is 2. The topological polar surface area (TPSA) is 54.9 Å². The van der Waals surface area contributed by atoms with Crippen LogP contribution < -0.4 is 15.4 Å². The first kappa shape index (κ1) is 22.5. The molecule has 0 unspecified atom stereocenters. The Balaban J connectivity index is 0.00000338. The second-order valence-corrected chi connectivity index (χ2v) is 5.83. The fourth-order valence-corrected chi connectivity index (χ4v) is 2.44. The van der Waals surface area contributed by atoms with Gasteiger partial charge in [-0.15, -0.1) is 24.0 Å². The summed E-state index contributed by atoms with van der Waals surface area (Å²) < 4.78 is 10.6. The van der Waals surface area contributed by atoms with Crippen molar-refractivity contribution in [3.8, 4) is 5.75 Å². The second kappa shape index (κ2) is 12.8. The zero-order valence-corrected chi connectivity index (χ0v) is 18.1. The molecule has 2 aromatic rings. The van der Waals surface area contributed by atoms with Crippen molar-refractivity contribution in [1.29, 1.82) is 0 Å². The first-order chi connectivity index (χ1) is 12.2. The first-order valence-corrected chi connectivity index (χ1v) is 8.48. The molecular formula is C19H25ClIN3O2. The summed E-state index contributed by atoms with van der Waals surface area (Å²) >= 11 is 6.00. The van der Waals surface area contributed by atoms with Gasteiger partial charge >= 0.3 is 0 Å². The zero-order chi connectivity index (χ0) is 17.9. The first-order valence-electron chi connectivity index (χ1n) is 8.11. The quantitative estimate of drug-likeness (QED) is 0.256. The van der Waals surface area contributed by atoms with E-state index in [2.05, 4.69) is 15.6 Å². The number of halogens is 2. The van der Waals surface area contributed by atoms with Gasteiger partial charge in [-0.3, -0.25) is 4.99 Å². The molecule has 2 N–H and O–H groups in total. The number of nitrogens with zero attached hydrogens (tertiary/aromatic N) is 1. The molecule has 0 amide bonds. The lowest BCUT2D eigenvalue weighted by Gasteiger charge is -2.13. The normalized spacial score (nSPS) is 10.8. The largest absolute Gasteiger partial charge is 0.491 e. The summed E-state index contributed by atoms with van der Waals surface area (Å²) in [6.45, 7) is 2.41. The average Bonchev–Trinajstić information content (AvgIpc) is 2.62. The molecule has 0 aliphatic rings. The predicted molar refractivity (Wildman–Crippen MR) is 118 cm³/mol. The molecular weight excluding hydrogens is 465 g/mol. The molecule has 0 bridgehead atoms. The van der Waals surface area contributed by atoms with E-state index in [1.165, 1.54) is 0 Å². The molecule has 0 saturated carbocycles. The number of benzene rings is 2. The van der Waals surface area contributed by atoms with Crippen LogP contribution in [-0.4, -0.2) is 33.3 Å². The molecule has 0 fully saturated rings. The van der Waals surface area contributed by atoms with Gasteiger partial charge in [-0.25, -0.2) is 0 Å². The molecule has 142 valence electrons. The van der Waals surface area contributed by atoms with Gasteiger partial charge in [0.25, 0.3) is 0 Å². The smallest absolute Gasteiger partial charge is 0.191 e. The number of guanidine groups is 1. The van der Waals surface area contributed by atoms with Crippen LogP contribution in [0.3, 0.4) is 0 Å². The van der Waals surface area contributed by atoms with Gasteiger partial charge in [0.05, 0.1) is 6.61 Å². The van der Waals surface area contributed by atoms with Crippen LogP contribution >= 0.6 is 35.6 Å². The van der Waals surface area contributed by atoms with Gasteiger partial charge in [-0.05, 0) is 35.4 Å². The van der Waals surface area contributed by atoms with Crippen LogP contribution in [0.1, 0.15) is 11.1 Å². The minimum Gasteiger partial charge on any atom is -0.491 e. The molecule has 5 nitrogen and oxygen atoms in total. The van der Waals surface area contributed by atoms with Crippen LogP contribution in [0.15, 0.2) is 53.5 Å².